The van der Waals surface area contributed by atoms with Gasteiger partial charge in [-0.25, -0.2) is 12.7 Å². The molecule has 1 rings (SSSR count). The fourth-order valence-electron chi connectivity index (χ4n) is 1.74. The molecule has 7 heteroatoms. The molecule has 0 radical (unpaired) electrons. The molecule has 0 unspecified atom stereocenters. The number of nitrogens with two attached hydrogens (primary N) is 1. The molecule has 2 N–H and O–H groups in total. The molecule has 0 saturated carbocycles. The molecule has 0 bridgehead atoms. The lowest BCUT2D eigenvalue weighted by atomic mass is 9.94. The molecule has 0 heterocycles. The van der Waals surface area contributed by atoms with Crippen molar-refractivity contribution in [2.45, 2.75) is 25.7 Å². The third-order valence-corrected chi connectivity index (χ3v) is 5.51. The highest BCUT2D eigenvalue weighted by molar-refractivity contribution is 7.89. The summed E-state index contributed by atoms with van der Waals surface area (Å²) >= 11 is 6.10. The molecular weight excluding hydrogens is 319 g/mol. The van der Waals surface area contributed by atoms with E-state index in [1.54, 1.807) is 26.1 Å². The predicted molar refractivity (Wildman–Crippen MR) is 86.1 cm³/mol. The fourth-order valence-corrected chi connectivity index (χ4v) is 3.65. The van der Waals surface area contributed by atoms with Crippen LogP contribution in [0.2, 0.25) is 5.02 Å². The molecule has 1 aromatic rings. The summed E-state index contributed by atoms with van der Waals surface area (Å²) in [5.74, 6) is 0. The number of sulfonamides is 1. The number of rotatable bonds is 5. The normalized spacial score (nSPS) is 12.3. The largest absolute Gasteiger partial charge is 0.330 e. The van der Waals surface area contributed by atoms with Gasteiger partial charge in [-0.05, 0) is 30.5 Å². The molecule has 0 amide bonds. The molecule has 0 aliphatic rings. The first-order valence-corrected chi connectivity index (χ1v) is 7.85. The van der Waals surface area contributed by atoms with Crippen LogP contribution in [0.5, 0.6) is 0 Å². The highest BCUT2D eigenvalue weighted by atomic mass is 35.5. The smallest absolute Gasteiger partial charge is 0.244 e. The minimum absolute atomic E-state index is 0. The van der Waals surface area contributed by atoms with Gasteiger partial charge in [-0.1, -0.05) is 37.6 Å². The van der Waals surface area contributed by atoms with E-state index < -0.39 is 10.0 Å². The molecule has 0 aliphatic heterocycles. The maximum absolute atomic E-state index is 12.5. The van der Waals surface area contributed by atoms with Crippen LogP contribution in [0.25, 0.3) is 0 Å². The monoisotopic (exact) mass is 340 g/mol. The number of hydrogen-bond acceptors (Lipinski definition) is 3. The van der Waals surface area contributed by atoms with Crippen LogP contribution in [0.4, 0.5) is 0 Å². The summed E-state index contributed by atoms with van der Waals surface area (Å²) in [5.41, 5.74) is 6.11. The Morgan fingerprint density at radius 3 is 2.40 bits per heavy atom. The maximum Gasteiger partial charge on any atom is 0.244 e. The van der Waals surface area contributed by atoms with Crippen LogP contribution < -0.4 is 5.73 Å². The van der Waals surface area contributed by atoms with E-state index in [0.717, 1.165) is 5.56 Å². The summed E-state index contributed by atoms with van der Waals surface area (Å²) in [4.78, 5) is 0.143. The van der Waals surface area contributed by atoms with Gasteiger partial charge in [0.2, 0.25) is 10.0 Å². The highest BCUT2D eigenvalue weighted by Crippen LogP contribution is 2.28. The molecule has 0 aromatic heterocycles. The third-order valence-electron chi connectivity index (χ3n) is 3.05. The summed E-state index contributed by atoms with van der Waals surface area (Å²) in [6.07, 6.45) is 0. The molecule has 0 fully saturated rings. The second-order valence-electron chi connectivity index (χ2n) is 5.52. The van der Waals surface area contributed by atoms with E-state index in [2.05, 4.69) is 0 Å². The van der Waals surface area contributed by atoms with Crippen LogP contribution in [0.1, 0.15) is 19.4 Å². The van der Waals surface area contributed by atoms with Gasteiger partial charge in [0, 0.05) is 13.6 Å². The Balaban J connectivity index is 0.00000361. The Labute approximate surface area is 132 Å². The fraction of sp³-hybridized carbons (Fsp3) is 0.538. The van der Waals surface area contributed by atoms with Crippen LogP contribution in [0, 0.1) is 12.3 Å². The summed E-state index contributed by atoms with van der Waals surface area (Å²) < 4.78 is 26.3. The highest BCUT2D eigenvalue weighted by Gasteiger charge is 2.28. The van der Waals surface area contributed by atoms with Gasteiger partial charge in [0.05, 0.1) is 5.02 Å². The van der Waals surface area contributed by atoms with Crippen molar-refractivity contribution in [3.8, 4) is 0 Å². The number of benzene rings is 1. The number of hydrogen-bond donors (Lipinski definition) is 1. The van der Waals surface area contributed by atoms with Crippen LogP contribution in [0.3, 0.4) is 0 Å². The third kappa shape index (κ3) is 4.33. The van der Waals surface area contributed by atoms with Crippen LogP contribution in [0.15, 0.2) is 23.1 Å². The Morgan fingerprint density at radius 2 is 1.90 bits per heavy atom. The SMILES string of the molecule is Cc1cccc(S(=O)(=O)N(C)CC(C)(C)CN)c1Cl.Cl. The first-order valence-electron chi connectivity index (χ1n) is 6.03. The van der Waals surface area contributed by atoms with Gasteiger partial charge in [0.25, 0.3) is 0 Å². The van der Waals surface area contributed by atoms with Crippen molar-refractivity contribution in [1.82, 2.24) is 4.31 Å². The van der Waals surface area contributed by atoms with Gasteiger partial charge < -0.3 is 5.73 Å². The van der Waals surface area contributed by atoms with Crippen LogP contribution in [-0.4, -0.2) is 32.9 Å². The van der Waals surface area contributed by atoms with Gasteiger partial charge in [-0.15, -0.1) is 12.4 Å². The van der Waals surface area contributed by atoms with E-state index in [1.807, 2.05) is 13.8 Å². The second kappa shape index (κ2) is 7.09. The van der Waals surface area contributed by atoms with Crippen molar-refractivity contribution < 1.29 is 8.42 Å². The molecule has 20 heavy (non-hydrogen) atoms. The average Bonchev–Trinajstić information content (AvgIpc) is 2.31. The zero-order valence-electron chi connectivity index (χ0n) is 12.2. The standard InChI is InChI=1S/C13H21ClN2O2S.ClH/c1-10-6-5-7-11(12(10)14)19(17,18)16(4)9-13(2,3)8-15;/h5-7H,8-9,15H2,1-4H3;1H. The van der Waals surface area contributed by atoms with Crippen LogP contribution >= 0.6 is 24.0 Å². The molecule has 4 nitrogen and oxygen atoms in total. The van der Waals surface area contributed by atoms with E-state index in [0.29, 0.717) is 13.1 Å². The summed E-state index contributed by atoms with van der Waals surface area (Å²) in [6.45, 7) is 6.39. The number of halogens is 2. The second-order valence-corrected chi connectivity index (χ2v) is 7.91. The molecule has 0 spiro atoms. The summed E-state index contributed by atoms with van der Waals surface area (Å²) in [7, 11) is -2.04. The van der Waals surface area contributed by atoms with E-state index >= 15 is 0 Å². The summed E-state index contributed by atoms with van der Waals surface area (Å²) in [5, 5.41) is 0.278. The van der Waals surface area contributed by atoms with Crippen molar-refractivity contribution in [3.05, 3.63) is 28.8 Å². The van der Waals surface area contributed by atoms with E-state index in [-0.39, 0.29) is 27.7 Å². The van der Waals surface area contributed by atoms with E-state index in [9.17, 15) is 8.42 Å². The molecule has 0 saturated heterocycles. The van der Waals surface area contributed by atoms with Crippen molar-refractivity contribution in [2.75, 3.05) is 20.1 Å². The minimum Gasteiger partial charge on any atom is -0.330 e. The quantitative estimate of drug-likeness (QED) is 0.896. The maximum atomic E-state index is 12.5. The predicted octanol–water partition coefficient (Wildman–Crippen LogP) is 2.68. The Morgan fingerprint density at radius 1 is 1.35 bits per heavy atom. The van der Waals surface area contributed by atoms with E-state index in [4.69, 9.17) is 17.3 Å². The number of nitrogens with zero attached hydrogens (tertiary/aromatic N) is 1. The van der Waals surface area contributed by atoms with Gasteiger partial charge >= 0.3 is 0 Å². The van der Waals surface area contributed by atoms with Gasteiger partial charge in [0.1, 0.15) is 4.90 Å². The van der Waals surface area contributed by atoms with Crippen molar-refractivity contribution in [2.24, 2.45) is 11.1 Å². The van der Waals surface area contributed by atoms with Crippen molar-refractivity contribution in [3.63, 3.8) is 0 Å². The lowest BCUT2D eigenvalue weighted by molar-refractivity contribution is 0.292. The van der Waals surface area contributed by atoms with Gasteiger partial charge in [-0.3, -0.25) is 0 Å². The summed E-state index contributed by atoms with van der Waals surface area (Å²) in [6, 6.07) is 5.00. The molecule has 0 aliphatic carbocycles. The number of aryl methyl sites for hydroxylation is 1. The molecular formula is C13H22Cl2N2O2S. The molecule has 0 atom stereocenters. The lowest BCUT2D eigenvalue weighted by Crippen LogP contribution is -2.39. The van der Waals surface area contributed by atoms with Gasteiger partial charge in [0.15, 0.2) is 0 Å². The first kappa shape index (κ1) is 19.7. The van der Waals surface area contributed by atoms with Crippen molar-refractivity contribution in [1.29, 1.82) is 0 Å². The van der Waals surface area contributed by atoms with Crippen LogP contribution in [-0.2, 0) is 10.0 Å². The minimum atomic E-state index is -3.59. The zero-order valence-corrected chi connectivity index (χ0v) is 14.6. The molecule has 116 valence electrons. The van der Waals surface area contributed by atoms with Gasteiger partial charge in [-0.2, -0.15) is 0 Å². The lowest BCUT2D eigenvalue weighted by Gasteiger charge is -2.28. The topological polar surface area (TPSA) is 63.4 Å². The average molecular weight is 341 g/mol. The van der Waals surface area contributed by atoms with E-state index in [1.165, 1.54) is 10.4 Å². The first-order chi connectivity index (χ1) is 8.62. The Bertz CT molecular complexity index is 559. The zero-order chi connectivity index (χ0) is 14.8. The molecule has 1 aromatic carbocycles. The Hall–Kier alpha value is -0.330. The Kier molecular flexibility index (Phi) is 6.97. The van der Waals surface area contributed by atoms with Crippen molar-refractivity contribution >= 4 is 34.0 Å².